The molecule has 0 spiro atoms. The molecule has 0 aromatic rings. The Hall–Kier alpha value is -2.25. The Bertz CT molecular complexity index is 737. The van der Waals surface area contributed by atoms with Crippen molar-refractivity contribution in [3.05, 3.63) is 39.7 Å². The molecule has 1 N–H and O–H groups in total. The highest BCUT2D eigenvalue weighted by Gasteiger charge is 2.15. The summed E-state index contributed by atoms with van der Waals surface area (Å²) in [4.78, 5) is 25.4. The summed E-state index contributed by atoms with van der Waals surface area (Å²) < 4.78 is 10.6. The van der Waals surface area contributed by atoms with Crippen molar-refractivity contribution in [3.8, 4) is 11.3 Å². The quantitative estimate of drug-likeness (QED) is 0.856. The van der Waals surface area contributed by atoms with Gasteiger partial charge in [-0.25, -0.2) is 0 Å². The lowest BCUT2D eigenvalue weighted by atomic mass is 10.0. The standard InChI is InChI=1S/C17H21N3O4/c1-12-14-3-2-13(21)10-16(14)24-19-15(12)4-5-18-17(22)11-20-6-8-23-9-7-20/h2-3,10H,4-9,11H2,1H3,(H,18,22). The predicted octanol–water partition coefficient (Wildman–Crippen LogP) is 0.439. The van der Waals surface area contributed by atoms with Crippen molar-refractivity contribution < 1.29 is 14.1 Å². The van der Waals surface area contributed by atoms with Crippen LogP contribution < -0.4 is 10.7 Å². The number of nitrogens with zero attached hydrogens (tertiary/aromatic N) is 2. The van der Waals surface area contributed by atoms with E-state index in [0.717, 1.165) is 29.9 Å². The zero-order valence-electron chi connectivity index (χ0n) is 13.7. The number of morpholine rings is 1. The molecule has 1 fully saturated rings. The number of carbonyl (C=O) groups excluding carboxylic acids is 1. The van der Waals surface area contributed by atoms with Gasteiger partial charge in [-0.1, -0.05) is 5.16 Å². The third kappa shape index (κ3) is 3.98. The number of carbonyl (C=O) groups is 1. The first kappa shape index (κ1) is 16.6. The molecule has 0 saturated carbocycles. The van der Waals surface area contributed by atoms with Gasteiger partial charge in [0.25, 0.3) is 0 Å². The second kappa shape index (κ2) is 7.55. The van der Waals surface area contributed by atoms with Gasteiger partial charge in [0.05, 0.1) is 25.5 Å². The number of aromatic nitrogens is 1. The number of rotatable bonds is 5. The highest BCUT2D eigenvalue weighted by Crippen LogP contribution is 2.24. The highest BCUT2D eigenvalue weighted by atomic mass is 16.5. The minimum absolute atomic E-state index is 0.00303. The lowest BCUT2D eigenvalue weighted by Gasteiger charge is -2.25. The Balaban J connectivity index is 1.55. The van der Waals surface area contributed by atoms with Gasteiger partial charge in [-0.2, -0.15) is 0 Å². The SMILES string of the molecule is Cc1c2ccc(=O)cc-2onc1CCNC(=O)CN1CCOCC1. The fourth-order valence-electron chi connectivity index (χ4n) is 2.79. The van der Waals surface area contributed by atoms with Crippen LogP contribution in [-0.4, -0.2) is 55.4 Å². The van der Waals surface area contributed by atoms with Gasteiger partial charge in [0.1, 0.15) is 0 Å². The monoisotopic (exact) mass is 331 g/mol. The van der Waals surface area contributed by atoms with Gasteiger partial charge in [0.15, 0.2) is 11.2 Å². The molecule has 7 heteroatoms. The van der Waals surface area contributed by atoms with E-state index in [-0.39, 0.29) is 11.3 Å². The predicted molar refractivity (Wildman–Crippen MR) is 88.1 cm³/mol. The Kier molecular flexibility index (Phi) is 5.22. The molecule has 0 aromatic heterocycles. The average Bonchev–Trinajstić information content (AvgIpc) is 2.58. The molecule has 1 saturated heterocycles. The molecule has 24 heavy (non-hydrogen) atoms. The van der Waals surface area contributed by atoms with Crippen LogP contribution in [0.4, 0.5) is 0 Å². The highest BCUT2D eigenvalue weighted by molar-refractivity contribution is 5.78. The van der Waals surface area contributed by atoms with E-state index >= 15 is 0 Å². The maximum absolute atomic E-state index is 12.0. The molecular formula is C17H21N3O4. The van der Waals surface area contributed by atoms with Crippen LogP contribution in [0.1, 0.15) is 11.3 Å². The molecule has 0 unspecified atom stereocenters. The third-order valence-electron chi connectivity index (χ3n) is 4.20. The third-order valence-corrected chi connectivity index (χ3v) is 4.20. The average molecular weight is 331 g/mol. The first-order valence-corrected chi connectivity index (χ1v) is 8.09. The fraction of sp³-hybridized carbons (Fsp3) is 0.471. The van der Waals surface area contributed by atoms with Gasteiger partial charge < -0.3 is 14.6 Å². The summed E-state index contributed by atoms with van der Waals surface area (Å²) in [5.74, 6) is 0.489. The molecule has 2 heterocycles. The van der Waals surface area contributed by atoms with Crippen LogP contribution in [0.2, 0.25) is 0 Å². The lowest BCUT2D eigenvalue weighted by Crippen LogP contribution is -2.43. The second-order valence-corrected chi connectivity index (χ2v) is 5.90. The topological polar surface area (TPSA) is 84.7 Å². The molecule has 1 amide bonds. The zero-order chi connectivity index (χ0) is 16.9. The second-order valence-electron chi connectivity index (χ2n) is 5.90. The van der Waals surface area contributed by atoms with E-state index in [0.29, 0.717) is 38.5 Å². The number of amides is 1. The van der Waals surface area contributed by atoms with Crippen molar-refractivity contribution in [2.75, 3.05) is 39.4 Å². The van der Waals surface area contributed by atoms with Gasteiger partial charge in [0.2, 0.25) is 5.91 Å². The van der Waals surface area contributed by atoms with Crippen LogP contribution >= 0.6 is 0 Å². The van der Waals surface area contributed by atoms with E-state index in [1.165, 1.54) is 12.1 Å². The van der Waals surface area contributed by atoms with Crippen molar-refractivity contribution >= 4 is 5.91 Å². The van der Waals surface area contributed by atoms with E-state index in [2.05, 4.69) is 15.4 Å². The van der Waals surface area contributed by atoms with Crippen LogP contribution in [0, 0.1) is 6.92 Å². The van der Waals surface area contributed by atoms with Gasteiger partial charge >= 0.3 is 0 Å². The summed E-state index contributed by atoms with van der Waals surface area (Å²) in [5.41, 5.74) is 2.53. The number of ether oxygens (including phenoxy) is 1. The van der Waals surface area contributed by atoms with Crippen molar-refractivity contribution in [3.63, 3.8) is 0 Å². The molecule has 1 aliphatic carbocycles. The maximum Gasteiger partial charge on any atom is 0.234 e. The number of hydrogen-bond acceptors (Lipinski definition) is 6. The molecule has 3 aliphatic rings. The number of hydrogen-bond donors (Lipinski definition) is 1. The summed E-state index contributed by atoms with van der Waals surface area (Å²) in [7, 11) is 0. The Labute approximate surface area is 139 Å². The molecule has 0 aromatic carbocycles. The van der Waals surface area contributed by atoms with Crippen molar-refractivity contribution in [1.82, 2.24) is 15.4 Å². The van der Waals surface area contributed by atoms with Crippen molar-refractivity contribution in [2.45, 2.75) is 13.3 Å². The summed E-state index contributed by atoms with van der Waals surface area (Å²) in [6, 6.07) is 4.70. The van der Waals surface area contributed by atoms with E-state index < -0.39 is 0 Å². The number of nitrogens with one attached hydrogen (secondary N) is 1. The minimum Gasteiger partial charge on any atom is -0.379 e. The maximum atomic E-state index is 12.0. The number of fused-ring (bicyclic) bond motifs is 1. The normalized spacial score (nSPS) is 15.5. The van der Waals surface area contributed by atoms with Gasteiger partial charge in [-0.05, 0) is 24.6 Å². The van der Waals surface area contributed by atoms with Gasteiger partial charge in [0, 0.05) is 37.7 Å². The number of benzene rings is 1. The van der Waals surface area contributed by atoms with Crippen molar-refractivity contribution in [1.29, 1.82) is 0 Å². The summed E-state index contributed by atoms with van der Waals surface area (Å²) in [6.07, 6.45) is 0.583. The zero-order valence-corrected chi connectivity index (χ0v) is 13.7. The van der Waals surface area contributed by atoms with E-state index in [4.69, 9.17) is 9.26 Å². The Morgan fingerprint density at radius 1 is 1.33 bits per heavy atom. The van der Waals surface area contributed by atoms with Crippen LogP contribution in [0.25, 0.3) is 11.3 Å². The van der Waals surface area contributed by atoms with Crippen LogP contribution in [-0.2, 0) is 16.0 Å². The molecule has 0 bridgehead atoms. The van der Waals surface area contributed by atoms with Gasteiger partial charge in [-0.15, -0.1) is 0 Å². The molecule has 0 atom stereocenters. The fourth-order valence-corrected chi connectivity index (χ4v) is 2.79. The molecule has 3 rings (SSSR count). The molecule has 128 valence electrons. The van der Waals surface area contributed by atoms with Gasteiger partial charge in [-0.3, -0.25) is 14.5 Å². The summed E-state index contributed by atoms with van der Waals surface area (Å²) >= 11 is 0. The Morgan fingerprint density at radius 2 is 2.12 bits per heavy atom. The Morgan fingerprint density at radius 3 is 2.92 bits per heavy atom. The summed E-state index contributed by atoms with van der Waals surface area (Å²) in [6.45, 7) is 5.78. The molecule has 7 nitrogen and oxygen atoms in total. The smallest absolute Gasteiger partial charge is 0.234 e. The molecule has 0 radical (unpaired) electrons. The largest absolute Gasteiger partial charge is 0.379 e. The van der Waals surface area contributed by atoms with Crippen LogP contribution in [0.5, 0.6) is 0 Å². The molecule has 2 aliphatic heterocycles. The van der Waals surface area contributed by atoms with Crippen molar-refractivity contribution in [2.24, 2.45) is 0 Å². The lowest BCUT2D eigenvalue weighted by molar-refractivity contribution is -0.123. The van der Waals surface area contributed by atoms with E-state index in [9.17, 15) is 9.59 Å². The minimum atomic E-state index is -0.101. The van der Waals surface area contributed by atoms with Crippen LogP contribution in [0.3, 0.4) is 0 Å². The van der Waals surface area contributed by atoms with E-state index in [1.807, 2.05) is 6.92 Å². The van der Waals surface area contributed by atoms with Crippen LogP contribution in [0.15, 0.2) is 27.5 Å². The van der Waals surface area contributed by atoms with E-state index in [1.54, 1.807) is 6.07 Å². The molecular weight excluding hydrogens is 310 g/mol. The first-order chi connectivity index (χ1) is 11.6. The summed E-state index contributed by atoms with van der Waals surface area (Å²) in [5, 5.41) is 6.98. The first-order valence-electron chi connectivity index (χ1n) is 8.09.